The molecular formula is C27H26F4N2O2S. The van der Waals surface area contributed by atoms with Crippen molar-refractivity contribution in [2.75, 3.05) is 10.6 Å². The van der Waals surface area contributed by atoms with Gasteiger partial charge in [0.1, 0.15) is 10.8 Å². The smallest absolute Gasteiger partial charge is 0.321 e. The SMILES string of the molecule is CC(C)(C)[C@H]1CCc2c(sc(NC(=O)c3ccc(F)cc3)c2C(=O)Nc2ccccc2C(F)(F)F)C1. The fourth-order valence-electron chi connectivity index (χ4n) is 4.45. The molecule has 4 rings (SSSR count). The van der Waals surface area contributed by atoms with Crippen LogP contribution >= 0.6 is 11.3 Å². The van der Waals surface area contributed by atoms with Crippen molar-refractivity contribution in [2.45, 2.75) is 46.2 Å². The minimum atomic E-state index is -4.64. The Kier molecular flexibility index (Phi) is 6.96. The largest absolute Gasteiger partial charge is 0.418 e. The third kappa shape index (κ3) is 5.46. The molecule has 0 radical (unpaired) electrons. The highest BCUT2D eigenvalue weighted by molar-refractivity contribution is 7.17. The Bertz CT molecular complexity index is 1290. The van der Waals surface area contributed by atoms with Gasteiger partial charge < -0.3 is 10.6 Å². The summed E-state index contributed by atoms with van der Waals surface area (Å²) < 4.78 is 53.8. The van der Waals surface area contributed by atoms with Gasteiger partial charge in [-0.2, -0.15) is 13.2 Å². The Morgan fingerprint density at radius 2 is 1.61 bits per heavy atom. The number of rotatable bonds is 4. The number of alkyl halides is 3. The van der Waals surface area contributed by atoms with Crippen molar-refractivity contribution in [2.24, 2.45) is 11.3 Å². The van der Waals surface area contributed by atoms with Gasteiger partial charge in [-0.1, -0.05) is 32.9 Å². The molecular weight excluding hydrogens is 492 g/mol. The predicted octanol–water partition coefficient (Wildman–Crippen LogP) is 7.56. The highest BCUT2D eigenvalue weighted by Crippen LogP contribution is 2.45. The van der Waals surface area contributed by atoms with E-state index in [0.717, 1.165) is 35.1 Å². The summed E-state index contributed by atoms with van der Waals surface area (Å²) in [4.78, 5) is 27.2. The zero-order chi connectivity index (χ0) is 26.3. The van der Waals surface area contributed by atoms with Gasteiger partial charge in [-0.15, -0.1) is 11.3 Å². The first-order valence-electron chi connectivity index (χ1n) is 11.5. The molecule has 0 saturated carbocycles. The van der Waals surface area contributed by atoms with E-state index in [1.54, 1.807) is 0 Å². The second kappa shape index (κ2) is 9.69. The predicted molar refractivity (Wildman–Crippen MR) is 133 cm³/mol. The summed E-state index contributed by atoms with van der Waals surface area (Å²) in [5.41, 5.74) is -0.148. The summed E-state index contributed by atoms with van der Waals surface area (Å²) >= 11 is 1.27. The number of anilines is 2. The van der Waals surface area contributed by atoms with Gasteiger partial charge >= 0.3 is 6.18 Å². The quantitative estimate of drug-likeness (QED) is 0.350. The van der Waals surface area contributed by atoms with E-state index in [1.165, 1.54) is 41.7 Å². The van der Waals surface area contributed by atoms with E-state index >= 15 is 0 Å². The monoisotopic (exact) mass is 518 g/mol. The van der Waals surface area contributed by atoms with Crippen molar-refractivity contribution >= 4 is 33.8 Å². The van der Waals surface area contributed by atoms with Crippen LogP contribution in [-0.2, 0) is 19.0 Å². The van der Waals surface area contributed by atoms with Crippen LogP contribution in [0.25, 0.3) is 0 Å². The van der Waals surface area contributed by atoms with Gasteiger partial charge in [0.2, 0.25) is 0 Å². The maximum atomic E-state index is 13.5. The second-order valence-corrected chi connectivity index (χ2v) is 11.1. The maximum absolute atomic E-state index is 13.5. The lowest BCUT2D eigenvalue weighted by Gasteiger charge is -2.33. The van der Waals surface area contributed by atoms with Crippen LogP contribution in [0.4, 0.5) is 28.3 Å². The number of thiophene rings is 1. The van der Waals surface area contributed by atoms with Gasteiger partial charge in [-0.25, -0.2) is 4.39 Å². The van der Waals surface area contributed by atoms with Crippen LogP contribution in [0.3, 0.4) is 0 Å². The van der Waals surface area contributed by atoms with Crippen LogP contribution < -0.4 is 10.6 Å². The summed E-state index contributed by atoms with van der Waals surface area (Å²) in [7, 11) is 0. The highest BCUT2D eigenvalue weighted by Gasteiger charge is 2.36. The number of hydrogen-bond donors (Lipinski definition) is 2. The number of carbonyl (C=O) groups is 2. The lowest BCUT2D eigenvalue weighted by molar-refractivity contribution is -0.136. The summed E-state index contributed by atoms with van der Waals surface area (Å²) in [6, 6.07) is 9.75. The fraction of sp³-hybridized carbons (Fsp3) is 0.333. The van der Waals surface area contributed by atoms with Crippen LogP contribution in [0.1, 0.15) is 63.9 Å². The molecule has 2 amide bonds. The zero-order valence-corrected chi connectivity index (χ0v) is 20.9. The Morgan fingerprint density at radius 3 is 2.25 bits per heavy atom. The lowest BCUT2D eigenvalue weighted by atomic mass is 9.72. The molecule has 3 aromatic rings. The summed E-state index contributed by atoms with van der Waals surface area (Å²) in [6.07, 6.45) is -2.55. The molecule has 2 N–H and O–H groups in total. The average Bonchev–Trinajstić information content (AvgIpc) is 3.15. The van der Waals surface area contributed by atoms with Crippen LogP contribution in [0.2, 0.25) is 0 Å². The van der Waals surface area contributed by atoms with E-state index in [9.17, 15) is 27.2 Å². The molecule has 9 heteroatoms. The van der Waals surface area contributed by atoms with Crippen molar-refractivity contribution in [1.29, 1.82) is 0 Å². The third-order valence-electron chi connectivity index (χ3n) is 6.53. The van der Waals surface area contributed by atoms with Crippen LogP contribution in [0.15, 0.2) is 48.5 Å². The number of fused-ring (bicyclic) bond motifs is 1. The molecule has 1 aromatic heterocycles. The zero-order valence-electron chi connectivity index (χ0n) is 20.1. The van der Waals surface area contributed by atoms with E-state index in [2.05, 4.69) is 31.4 Å². The van der Waals surface area contributed by atoms with Gasteiger partial charge in [-0.05, 0) is 72.6 Å². The van der Waals surface area contributed by atoms with Gasteiger partial charge in [0.15, 0.2) is 0 Å². The Balaban J connectivity index is 1.71. The van der Waals surface area contributed by atoms with Crippen molar-refractivity contribution in [3.8, 4) is 0 Å². The first kappa shape index (κ1) is 25.9. The molecule has 0 aliphatic heterocycles. The summed E-state index contributed by atoms with van der Waals surface area (Å²) in [6.45, 7) is 6.44. The Labute approximate surface area is 210 Å². The fourth-order valence-corrected chi connectivity index (χ4v) is 5.77. The summed E-state index contributed by atoms with van der Waals surface area (Å²) in [5, 5.41) is 5.43. The number of para-hydroxylation sites is 1. The normalized spacial score (nSPS) is 15.8. The Hall–Kier alpha value is -3.20. The maximum Gasteiger partial charge on any atom is 0.418 e. The number of amides is 2. The summed E-state index contributed by atoms with van der Waals surface area (Å²) in [5.74, 6) is -1.39. The molecule has 0 spiro atoms. The molecule has 36 heavy (non-hydrogen) atoms. The van der Waals surface area contributed by atoms with Crippen molar-refractivity contribution in [3.63, 3.8) is 0 Å². The minimum Gasteiger partial charge on any atom is -0.321 e. The molecule has 0 bridgehead atoms. The molecule has 1 aliphatic rings. The molecule has 0 fully saturated rings. The molecule has 1 aliphatic carbocycles. The van der Waals surface area contributed by atoms with Gasteiger partial charge in [0, 0.05) is 10.4 Å². The van der Waals surface area contributed by atoms with E-state index in [1.807, 2.05) is 0 Å². The van der Waals surface area contributed by atoms with E-state index in [0.29, 0.717) is 18.8 Å². The molecule has 4 nitrogen and oxygen atoms in total. The number of benzene rings is 2. The standard InChI is InChI=1S/C27H26F4N2O2S/c1-26(2,3)16-10-13-18-21(14-16)36-25(33-23(34)15-8-11-17(28)12-9-15)22(18)24(35)32-20-7-5-4-6-19(20)27(29,30)31/h4-9,11-12,16H,10,13-14H2,1-3H3,(H,32,35)(H,33,34)/t16-/m0/s1. The molecule has 2 aromatic carbocycles. The van der Waals surface area contributed by atoms with Crippen LogP contribution in [-0.4, -0.2) is 11.8 Å². The molecule has 1 heterocycles. The van der Waals surface area contributed by atoms with E-state index < -0.39 is 29.4 Å². The molecule has 190 valence electrons. The topological polar surface area (TPSA) is 58.2 Å². The minimum absolute atomic E-state index is 0.0350. The molecule has 0 unspecified atom stereocenters. The van der Waals surface area contributed by atoms with E-state index in [4.69, 9.17) is 0 Å². The van der Waals surface area contributed by atoms with Crippen molar-refractivity contribution in [3.05, 3.63) is 81.5 Å². The van der Waals surface area contributed by atoms with Gasteiger partial charge in [0.25, 0.3) is 11.8 Å². The number of nitrogens with one attached hydrogen (secondary N) is 2. The van der Waals surface area contributed by atoms with Crippen molar-refractivity contribution < 1.29 is 27.2 Å². The first-order valence-corrected chi connectivity index (χ1v) is 12.3. The number of carbonyl (C=O) groups excluding carboxylic acids is 2. The van der Waals surface area contributed by atoms with Crippen LogP contribution in [0, 0.1) is 17.2 Å². The number of hydrogen-bond acceptors (Lipinski definition) is 3. The third-order valence-corrected chi connectivity index (χ3v) is 7.70. The average molecular weight is 519 g/mol. The highest BCUT2D eigenvalue weighted by atomic mass is 32.1. The van der Waals surface area contributed by atoms with Gasteiger partial charge in [0.05, 0.1) is 16.8 Å². The number of halogens is 4. The van der Waals surface area contributed by atoms with Crippen LogP contribution in [0.5, 0.6) is 0 Å². The second-order valence-electron chi connectivity index (χ2n) is 9.97. The Morgan fingerprint density at radius 1 is 0.944 bits per heavy atom. The first-order chi connectivity index (χ1) is 16.8. The van der Waals surface area contributed by atoms with Gasteiger partial charge in [-0.3, -0.25) is 9.59 Å². The van der Waals surface area contributed by atoms with Crippen molar-refractivity contribution in [1.82, 2.24) is 0 Å². The van der Waals surface area contributed by atoms with E-state index in [-0.39, 0.29) is 27.2 Å². The molecule has 0 saturated heterocycles. The lowest BCUT2D eigenvalue weighted by Crippen LogP contribution is -2.27. The molecule has 1 atom stereocenters.